The molecule has 1 aromatic carbocycles. The summed E-state index contributed by atoms with van der Waals surface area (Å²) in [7, 11) is 0. The minimum atomic E-state index is -4.49. The van der Waals surface area contributed by atoms with Crippen LogP contribution in [0, 0.1) is 11.8 Å². The number of carbonyl (C=O) groups is 1. The molecule has 0 saturated carbocycles. The van der Waals surface area contributed by atoms with Crippen LogP contribution >= 0.6 is 0 Å². The molecule has 2 aliphatic heterocycles. The molecule has 0 bridgehead atoms. The lowest BCUT2D eigenvalue weighted by Crippen LogP contribution is -2.42. The zero-order chi connectivity index (χ0) is 24.0. The van der Waals surface area contributed by atoms with Gasteiger partial charge >= 0.3 is 6.18 Å². The normalized spacial score (nSPS) is 18.7. The third-order valence-corrected chi connectivity index (χ3v) is 6.89. The highest BCUT2D eigenvalue weighted by atomic mass is 19.4. The Labute approximate surface area is 198 Å². The van der Waals surface area contributed by atoms with Gasteiger partial charge in [-0.3, -0.25) is 9.69 Å². The summed E-state index contributed by atoms with van der Waals surface area (Å²) in [5.74, 6) is 0.639. The van der Waals surface area contributed by atoms with Gasteiger partial charge in [0.25, 0.3) is 0 Å². The first-order valence-electron chi connectivity index (χ1n) is 12.1. The first kappa shape index (κ1) is 24.4. The van der Waals surface area contributed by atoms with Crippen LogP contribution in [0.15, 0.2) is 42.6 Å². The van der Waals surface area contributed by atoms with Gasteiger partial charge in [0, 0.05) is 38.3 Å². The number of carbonyl (C=O) groups excluding carboxylic acids is 1. The molecule has 0 radical (unpaired) electrons. The molecule has 2 aromatic rings. The fourth-order valence-electron chi connectivity index (χ4n) is 4.82. The molecule has 0 unspecified atom stereocenters. The molecule has 34 heavy (non-hydrogen) atoms. The molecule has 2 saturated heterocycles. The number of nitrogens with one attached hydrogen (secondary N) is 1. The highest BCUT2D eigenvalue weighted by molar-refractivity contribution is 5.78. The molecule has 9 heteroatoms. The SMILES string of the molecule is O=C(NCCC1CCN(Cc2ccccc2)CC1)C1CCN(c2nccc(C(F)(F)F)n2)CC1. The van der Waals surface area contributed by atoms with E-state index < -0.39 is 11.9 Å². The van der Waals surface area contributed by atoms with E-state index >= 15 is 0 Å². The zero-order valence-electron chi connectivity index (χ0n) is 19.3. The zero-order valence-corrected chi connectivity index (χ0v) is 19.3. The number of piperidine rings is 2. The minimum absolute atomic E-state index is 0.0473. The monoisotopic (exact) mass is 475 g/mol. The van der Waals surface area contributed by atoms with Gasteiger partial charge in [-0.2, -0.15) is 13.2 Å². The van der Waals surface area contributed by atoms with Crippen molar-refractivity contribution in [2.45, 2.75) is 44.8 Å². The van der Waals surface area contributed by atoms with Crippen molar-refractivity contribution in [1.82, 2.24) is 20.2 Å². The Morgan fingerprint density at radius 3 is 2.38 bits per heavy atom. The van der Waals surface area contributed by atoms with Gasteiger partial charge in [0.1, 0.15) is 5.69 Å². The van der Waals surface area contributed by atoms with Crippen LogP contribution in [0.1, 0.15) is 43.4 Å². The quantitative estimate of drug-likeness (QED) is 0.653. The first-order chi connectivity index (χ1) is 16.4. The van der Waals surface area contributed by atoms with E-state index in [9.17, 15) is 18.0 Å². The number of halogens is 3. The Kier molecular flexibility index (Phi) is 8.03. The van der Waals surface area contributed by atoms with Crippen LogP contribution in [-0.4, -0.2) is 53.5 Å². The van der Waals surface area contributed by atoms with E-state index in [0.717, 1.165) is 51.2 Å². The molecule has 1 aromatic heterocycles. The number of nitrogens with zero attached hydrogens (tertiary/aromatic N) is 4. The number of hydrogen-bond acceptors (Lipinski definition) is 5. The third-order valence-electron chi connectivity index (χ3n) is 6.89. The van der Waals surface area contributed by atoms with Crippen LogP contribution < -0.4 is 10.2 Å². The third kappa shape index (κ3) is 6.68. The molecule has 3 heterocycles. The van der Waals surface area contributed by atoms with Gasteiger partial charge in [-0.1, -0.05) is 30.3 Å². The van der Waals surface area contributed by atoms with E-state index in [2.05, 4.69) is 44.5 Å². The average molecular weight is 476 g/mol. The maximum absolute atomic E-state index is 12.9. The minimum Gasteiger partial charge on any atom is -0.356 e. The predicted molar refractivity (Wildman–Crippen MR) is 124 cm³/mol. The summed E-state index contributed by atoms with van der Waals surface area (Å²) in [4.78, 5) is 24.5. The molecule has 2 fully saturated rings. The van der Waals surface area contributed by atoms with Gasteiger partial charge in [-0.25, -0.2) is 9.97 Å². The maximum atomic E-state index is 12.9. The average Bonchev–Trinajstić information content (AvgIpc) is 2.85. The molecule has 4 rings (SSSR count). The second-order valence-corrected chi connectivity index (χ2v) is 9.29. The summed E-state index contributed by atoms with van der Waals surface area (Å²) in [6.07, 6.45) is 1.11. The second-order valence-electron chi connectivity index (χ2n) is 9.29. The molecule has 1 N–H and O–H groups in total. The van der Waals surface area contributed by atoms with Gasteiger partial charge in [0.15, 0.2) is 0 Å². The summed E-state index contributed by atoms with van der Waals surface area (Å²) < 4.78 is 38.7. The Morgan fingerprint density at radius 2 is 1.71 bits per heavy atom. The van der Waals surface area contributed by atoms with Crippen molar-refractivity contribution in [2.24, 2.45) is 11.8 Å². The Balaban J connectivity index is 1.14. The van der Waals surface area contributed by atoms with E-state index in [4.69, 9.17) is 0 Å². The van der Waals surface area contributed by atoms with Gasteiger partial charge in [-0.05, 0) is 62.7 Å². The largest absolute Gasteiger partial charge is 0.433 e. The lowest BCUT2D eigenvalue weighted by molar-refractivity contribution is -0.141. The highest BCUT2D eigenvalue weighted by Gasteiger charge is 2.34. The molecule has 2 aliphatic rings. The van der Waals surface area contributed by atoms with E-state index in [1.165, 1.54) is 5.56 Å². The summed E-state index contributed by atoms with van der Waals surface area (Å²) in [6, 6.07) is 11.4. The molecule has 184 valence electrons. The van der Waals surface area contributed by atoms with E-state index in [1.807, 2.05) is 6.07 Å². The Morgan fingerprint density at radius 1 is 1.00 bits per heavy atom. The molecular weight excluding hydrogens is 443 g/mol. The van der Waals surface area contributed by atoms with Crippen molar-refractivity contribution in [3.8, 4) is 0 Å². The number of benzene rings is 1. The van der Waals surface area contributed by atoms with Crippen molar-refractivity contribution in [3.63, 3.8) is 0 Å². The molecule has 6 nitrogen and oxygen atoms in total. The van der Waals surface area contributed by atoms with Gasteiger partial charge < -0.3 is 10.2 Å². The van der Waals surface area contributed by atoms with Crippen LogP contribution in [0.5, 0.6) is 0 Å². The number of amides is 1. The van der Waals surface area contributed by atoms with Crippen LogP contribution in [0.25, 0.3) is 0 Å². The standard InChI is InChI=1S/C25H32F3N5O/c26-25(27,28)22-7-13-30-24(31-22)33-16-10-21(11-17-33)23(34)29-12-6-19-8-14-32(15-9-19)18-20-4-2-1-3-5-20/h1-5,7,13,19,21H,6,8-12,14-18H2,(H,29,34). The molecule has 0 aliphatic carbocycles. The second kappa shape index (κ2) is 11.2. The van der Waals surface area contributed by atoms with Crippen molar-refractivity contribution < 1.29 is 18.0 Å². The molecule has 0 spiro atoms. The summed E-state index contributed by atoms with van der Waals surface area (Å²) in [6.45, 7) is 4.79. The fraction of sp³-hybridized carbons (Fsp3) is 0.560. The highest BCUT2D eigenvalue weighted by Crippen LogP contribution is 2.29. The smallest absolute Gasteiger partial charge is 0.356 e. The van der Waals surface area contributed by atoms with Crippen LogP contribution in [-0.2, 0) is 17.5 Å². The van der Waals surface area contributed by atoms with E-state index in [0.29, 0.717) is 38.4 Å². The summed E-state index contributed by atoms with van der Waals surface area (Å²) in [5, 5.41) is 3.08. The van der Waals surface area contributed by atoms with Gasteiger partial charge in [0.05, 0.1) is 0 Å². The Bertz CT molecular complexity index is 924. The van der Waals surface area contributed by atoms with Crippen LogP contribution in [0.3, 0.4) is 0 Å². The maximum Gasteiger partial charge on any atom is 0.433 e. The van der Waals surface area contributed by atoms with Crippen molar-refractivity contribution in [1.29, 1.82) is 0 Å². The lowest BCUT2D eigenvalue weighted by atomic mass is 9.92. The van der Waals surface area contributed by atoms with Crippen LogP contribution in [0.2, 0.25) is 0 Å². The van der Waals surface area contributed by atoms with E-state index in [-0.39, 0.29) is 17.8 Å². The topological polar surface area (TPSA) is 61.4 Å². The number of hydrogen-bond donors (Lipinski definition) is 1. The number of rotatable bonds is 7. The molecular formula is C25H32F3N5O. The molecule has 1 amide bonds. The number of alkyl halides is 3. The Hall–Kier alpha value is -2.68. The molecule has 0 atom stereocenters. The van der Waals surface area contributed by atoms with Gasteiger partial charge in [0.2, 0.25) is 11.9 Å². The summed E-state index contributed by atoms with van der Waals surface area (Å²) in [5.41, 5.74) is 0.405. The van der Waals surface area contributed by atoms with Crippen LogP contribution in [0.4, 0.5) is 19.1 Å². The van der Waals surface area contributed by atoms with Gasteiger partial charge in [-0.15, -0.1) is 0 Å². The summed E-state index contributed by atoms with van der Waals surface area (Å²) >= 11 is 0. The fourth-order valence-corrected chi connectivity index (χ4v) is 4.82. The predicted octanol–water partition coefficient (Wildman–Crippen LogP) is 4.13. The lowest BCUT2D eigenvalue weighted by Gasteiger charge is -2.33. The van der Waals surface area contributed by atoms with E-state index in [1.54, 1.807) is 4.90 Å². The van der Waals surface area contributed by atoms with Crippen molar-refractivity contribution >= 4 is 11.9 Å². The van der Waals surface area contributed by atoms with Crippen molar-refractivity contribution in [3.05, 3.63) is 53.9 Å². The number of aromatic nitrogens is 2. The first-order valence-corrected chi connectivity index (χ1v) is 12.1. The van der Waals surface area contributed by atoms with Crippen molar-refractivity contribution in [2.75, 3.05) is 37.6 Å². The number of likely N-dealkylation sites (tertiary alicyclic amines) is 1. The number of anilines is 1.